The molecule has 2 aromatic rings. The Hall–Kier alpha value is -1.20. The third-order valence-electron chi connectivity index (χ3n) is 3.05. The maximum atomic E-state index is 13.0. The molecule has 90 valence electrons. The Morgan fingerprint density at radius 2 is 2.47 bits per heavy atom. The third-order valence-corrected chi connectivity index (χ3v) is 4.03. The van der Waals surface area contributed by atoms with E-state index in [1.165, 1.54) is 29.9 Å². The van der Waals surface area contributed by atoms with Crippen LogP contribution in [-0.4, -0.2) is 24.6 Å². The Morgan fingerprint density at radius 1 is 1.53 bits per heavy atom. The smallest absolute Gasteiger partial charge is 0.183 e. The van der Waals surface area contributed by atoms with Gasteiger partial charge in [0.1, 0.15) is 5.82 Å². The lowest BCUT2D eigenvalue weighted by atomic mass is 10.1. The third kappa shape index (κ3) is 2.40. The highest BCUT2D eigenvalue weighted by Gasteiger charge is 2.14. The van der Waals surface area contributed by atoms with Gasteiger partial charge in [-0.05, 0) is 43.6 Å². The zero-order valence-corrected chi connectivity index (χ0v) is 10.2. The van der Waals surface area contributed by atoms with Gasteiger partial charge in [-0.3, -0.25) is 0 Å². The van der Waals surface area contributed by atoms with Gasteiger partial charge in [0.25, 0.3) is 0 Å². The van der Waals surface area contributed by atoms with Crippen LogP contribution in [0, 0.1) is 11.7 Å². The molecule has 1 aliphatic rings. The van der Waals surface area contributed by atoms with Gasteiger partial charge in [-0.25, -0.2) is 9.37 Å². The summed E-state index contributed by atoms with van der Waals surface area (Å²) in [6.45, 7) is 3.12. The van der Waals surface area contributed by atoms with Gasteiger partial charge in [-0.1, -0.05) is 11.3 Å². The minimum Gasteiger partial charge on any atom is -0.361 e. The fourth-order valence-electron chi connectivity index (χ4n) is 2.09. The first kappa shape index (κ1) is 10.9. The highest BCUT2D eigenvalue weighted by Crippen LogP contribution is 2.26. The summed E-state index contributed by atoms with van der Waals surface area (Å²) >= 11 is 1.51. The van der Waals surface area contributed by atoms with Crippen LogP contribution in [0.2, 0.25) is 0 Å². The van der Waals surface area contributed by atoms with E-state index in [1.54, 1.807) is 6.07 Å². The van der Waals surface area contributed by atoms with Crippen LogP contribution in [0.15, 0.2) is 18.2 Å². The lowest BCUT2D eigenvalue weighted by Crippen LogP contribution is -2.16. The van der Waals surface area contributed by atoms with Crippen molar-refractivity contribution in [3.05, 3.63) is 24.0 Å². The number of rotatable bonds is 3. The van der Waals surface area contributed by atoms with Crippen LogP contribution in [-0.2, 0) is 0 Å². The maximum Gasteiger partial charge on any atom is 0.183 e. The summed E-state index contributed by atoms with van der Waals surface area (Å²) < 4.78 is 13.9. The van der Waals surface area contributed by atoms with Gasteiger partial charge in [0.15, 0.2) is 5.13 Å². The number of aromatic nitrogens is 1. The number of nitrogens with one attached hydrogen (secondary N) is 2. The number of hydrogen-bond acceptors (Lipinski definition) is 4. The molecule has 1 aromatic heterocycles. The van der Waals surface area contributed by atoms with Gasteiger partial charge in [-0.15, -0.1) is 0 Å². The minimum atomic E-state index is -0.201. The van der Waals surface area contributed by atoms with Crippen LogP contribution in [0.5, 0.6) is 0 Å². The van der Waals surface area contributed by atoms with E-state index in [0.717, 1.165) is 35.0 Å². The standard InChI is InChI=1S/C12H14FN3S/c13-9-1-2-10-11(5-9)17-12(16-10)15-7-8-3-4-14-6-8/h1-2,5,8,14H,3-4,6-7H2,(H,15,16)/t8-/m1/s1. The molecule has 1 aromatic carbocycles. The largest absolute Gasteiger partial charge is 0.361 e. The van der Waals surface area contributed by atoms with Crippen LogP contribution in [0.4, 0.5) is 9.52 Å². The lowest BCUT2D eigenvalue weighted by molar-refractivity contribution is 0.615. The second-order valence-electron chi connectivity index (χ2n) is 4.37. The number of halogens is 1. The summed E-state index contributed by atoms with van der Waals surface area (Å²) in [5.41, 5.74) is 0.864. The zero-order valence-electron chi connectivity index (χ0n) is 9.37. The Balaban J connectivity index is 1.72. The summed E-state index contributed by atoms with van der Waals surface area (Å²) in [4.78, 5) is 4.44. The van der Waals surface area contributed by atoms with Gasteiger partial charge < -0.3 is 10.6 Å². The lowest BCUT2D eigenvalue weighted by Gasteiger charge is -2.07. The highest BCUT2D eigenvalue weighted by atomic mass is 32.1. The number of benzene rings is 1. The van der Waals surface area contributed by atoms with Gasteiger partial charge in [0.2, 0.25) is 0 Å². The van der Waals surface area contributed by atoms with E-state index < -0.39 is 0 Å². The van der Waals surface area contributed by atoms with E-state index in [-0.39, 0.29) is 5.82 Å². The van der Waals surface area contributed by atoms with Crippen LogP contribution < -0.4 is 10.6 Å². The maximum absolute atomic E-state index is 13.0. The average Bonchev–Trinajstić information content (AvgIpc) is 2.94. The van der Waals surface area contributed by atoms with Gasteiger partial charge >= 0.3 is 0 Å². The second-order valence-corrected chi connectivity index (χ2v) is 5.40. The van der Waals surface area contributed by atoms with Crippen molar-refractivity contribution in [1.82, 2.24) is 10.3 Å². The predicted octanol–water partition coefficient (Wildman–Crippen LogP) is 2.46. The van der Waals surface area contributed by atoms with E-state index in [4.69, 9.17) is 0 Å². The van der Waals surface area contributed by atoms with E-state index in [1.807, 2.05) is 0 Å². The molecule has 0 unspecified atom stereocenters. The molecule has 17 heavy (non-hydrogen) atoms. The summed E-state index contributed by atoms with van der Waals surface area (Å²) in [6.07, 6.45) is 1.21. The molecule has 1 aliphatic heterocycles. The quantitative estimate of drug-likeness (QED) is 0.880. The molecule has 1 atom stereocenters. The van der Waals surface area contributed by atoms with E-state index in [9.17, 15) is 4.39 Å². The fraction of sp³-hybridized carbons (Fsp3) is 0.417. The molecule has 0 aliphatic carbocycles. The number of thiazole rings is 1. The van der Waals surface area contributed by atoms with Crippen LogP contribution in [0.25, 0.3) is 10.2 Å². The van der Waals surface area contributed by atoms with Crippen molar-refractivity contribution in [2.75, 3.05) is 25.0 Å². The van der Waals surface area contributed by atoms with Crippen LogP contribution >= 0.6 is 11.3 Å². The molecule has 0 amide bonds. The molecule has 1 saturated heterocycles. The van der Waals surface area contributed by atoms with Crippen molar-refractivity contribution in [3.63, 3.8) is 0 Å². The monoisotopic (exact) mass is 251 g/mol. The minimum absolute atomic E-state index is 0.201. The predicted molar refractivity (Wildman–Crippen MR) is 69.0 cm³/mol. The van der Waals surface area contributed by atoms with Gasteiger partial charge in [-0.2, -0.15) is 0 Å². The van der Waals surface area contributed by atoms with E-state index in [0.29, 0.717) is 5.92 Å². The number of fused-ring (bicyclic) bond motifs is 1. The van der Waals surface area contributed by atoms with E-state index >= 15 is 0 Å². The van der Waals surface area contributed by atoms with Crippen LogP contribution in [0.3, 0.4) is 0 Å². The molecule has 2 N–H and O–H groups in total. The normalized spacial score (nSPS) is 19.9. The number of anilines is 1. The van der Waals surface area contributed by atoms with Gasteiger partial charge in [0.05, 0.1) is 10.2 Å². The van der Waals surface area contributed by atoms with Crippen molar-refractivity contribution in [2.24, 2.45) is 5.92 Å². The SMILES string of the molecule is Fc1ccc2nc(NC[C@@H]3CCNC3)sc2c1. The Bertz CT molecular complexity index is 519. The molecule has 0 radical (unpaired) electrons. The van der Waals surface area contributed by atoms with Crippen molar-refractivity contribution in [3.8, 4) is 0 Å². The molecule has 5 heteroatoms. The highest BCUT2D eigenvalue weighted by molar-refractivity contribution is 7.22. The molecule has 0 saturated carbocycles. The Kier molecular flexibility index (Phi) is 2.94. The second kappa shape index (κ2) is 4.58. The summed E-state index contributed by atoms with van der Waals surface area (Å²) in [6, 6.07) is 4.71. The summed E-state index contributed by atoms with van der Waals surface area (Å²) in [5.74, 6) is 0.478. The average molecular weight is 251 g/mol. The number of hydrogen-bond donors (Lipinski definition) is 2. The number of nitrogens with zero attached hydrogens (tertiary/aromatic N) is 1. The van der Waals surface area contributed by atoms with Gasteiger partial charge in [0, 0.05) is 6.54 Å². The van der Waals surface area contributed by atoms with Crippen molar-refractivity contribution < 1.29 is 4.39 Å². The molecule has 1 fully saturated rings. The molecule has 0 spiro atoms. The summed E-state index contributed by atoms with van der Waals surface area (Å²) in [7, 11) is 0. The van der Waals surface area contributed by atoms with Crippen molar-refractivity contribution >= 4 is 26.7 Å². The Morgan fingerprint density at radius 3 is 3.29 bits per heavy atom. The first-order valence-electron chi connectivity index (χ1n) is 5.82. The zero-order chi connectivity index (χ0) is 11.7. The molecule has 3 rings (SSSR count). The first-order valence-corrected chi connectivity index (χ1v) is 6.63. The first-order chi connectivity index (χ1) is 8.31. The van der Waals surface area contributed by atoms with E-state index in [2.05, 4.69) is 15.6 Å². The van der Waals surface area contributed by atoms with Crippen molar-refractivity contribution in [2.45, 2.75) is 6.42 Å². The molecular formula is C12H14FN3S. The fourth-order valence-corrected chi connectivity index (χ4v) is 2.99. The van der Waals surface area contributed by atoms with Crippen molar-refractivity contribution in [1.29, 1.82) is 0 Å². The Labute approximate surface area is 103 Å². The molecule has 0 bridgehead atoms. The van der Waals surface area contributed by atoms with Crippen LogP contribution in [0.1, 0.15) is 6.42 Å². The molecule has 3 nitrogen and oxygen atoms in total. The topological polar surface area (TPSA) is 37.0 Å². The molecular weight excluding hydrogens is 237 g/mol. The molecule has 2 heterocycles. The summed E-state index contributed by atoms with van der Waals surface area (Å²) in [5, 5.41) is 7.56.